The Bertz CT molecular complexity index is 504. The first-order valence-corrected chi connectivity index (χ1v) is 6.88. The van der Waals surface area contributed by atoms with Gasteiger partial charge in [0.2, 0.25) is 5.91 Å². The van der Waals surface area contributed by atoms with Crippen LogP contribution in [0.5, 0.6) is 0 Å². The fourth-order valence-corrected chi connectivity index (χ4v) is 2.66. The summed E-state index contributed by atoms with van der Waals surface area (Å²) in [6.45, 7) is 0.756. The minimum atomic E-state index is -1.36. The topological polar surface area (TPSA) is 78.4 Å². The number of carbonyl (C=O) groups is 2. The van der Waals surface area contributed by atoms with Gasteiger partial charge in [-0.05, 0) is 18.2 Å². The molecule has 7 heteroatoms. The molecule has 102 valence electrons. The number of rotatable bonds is 3. The predicted molar refractivity (Wildman–Crippen MR) is 71.1 cm³/mol. The summed E-state index contributed by atoms with van der Waals surface area (Å²) in [5.74, 6) is -0.797. The number of anilines is 1. The molecule has 1 aliphatic rings. The minimum absolute atomic E-state index is 0.241. The molecule has 1 saturated heterocycles. The van der Waals surface area contributed by atoms with E-state index in [2.05, 4.69) is 10.6 Å². The van der Waals surface area contributed by atoms with Gasteiger partial charge in [0.15, 0.2) is 0 Å². The van der Waals surface area contributed by atoms with Crippen LogP contribution in [-0.2, 0) is 4.79 Å². The highest BCUT2D eigenvalue weighted by atomic mass is 32.2. The van der Waals surface area contributed by atoms with Crippen molar-refractivity contribution in [3.05, 3.63) is 29.6 Å². The van der Waals surface area contributed by atoms with Crippen molar-refractivity contribution in [2.75, 3.05) is 23.4 Å². The summed E-state index contributed by atoms with van der Waals surface area (Å²) < 4.78 is 13.2. The van der Waals surface area contributed by atoms with E-state index in [9.17, 15) is 14.0 Å². The Morgan fingerprint density at radius 2 is 2.26 bits per heavy atom. The molecule has 0 bridgehead atoms. The highest BCUT2D eigenvalue weighted by molar-refractivity contribution is 7.99. The Balaban J connectivity index is 2.08. The van der Waals surface area contributed by atoms with Crippen LogP contribution in [0, 0.1) is 5.82 Å². The van der Waals surface area contributed by atoms with Crippen molar-refractivity contribution in [3.8, 4) is 0 Å². The van der Waals surface area contributed by atoms with Crippen molar-refractivity contribution in [2.45, 2.75) is 6.04 Å². The number of amides is 1. The molecule has 0 saturated carbocycles. The van der Waals surface area contributed by atoms with Crippen LogP contribution in [-0.4, -0.2) is 41.1 Å². The van der Waals surface area contributed by atoms with Gasteiger partial charge in [-0.3, -0.25) is 4.79 Å². The molecule has 1 aliphatic heterocycles. The van der Waals surface area contributed by atoms with Crippen LogP contribution in [0.25, 0.3) is 0 Å². The summed E-state index contributed by atoms with van der Waals surface area (Å²) >= 11 is 1.67. The quantitative estimate of drug-likeness (QED) is 0.776. The molecule has 3 N–H and O–H groups in total. The largest absolute Gasteiger partial charge is 0.478 e. The molecule has 1 fully saturated rings. The van der Waals surface area contributed by atoms with Gasteiger partial charge in [0.25, 0.3) is 0 Å². The first-order chi connectivity index (χ1) is 9.08. The average molecular weight is 284 g/mol. The fourth-order valence-electron chi connectivity index (χ4n) is 1.73. The molecule has 1 heterocycles. The van der Waals surface area contributed by atoms with Crippen LogP contribution in [0.1, 0.15) is 10.4 Å². The zero-order valence-corrected chi connectivity index (χ0v) is 10.8. The third-order valence-corrected chi connectivity index (χ3v) is 3.76. The number of halogens is 1. The molecule has 19 heavy (non-hydrogen) atoms. The summed E-state index contributed by atoms with van der Waals surface area (Å²) in [5.41, 5.74) is -0.176. The first-order valence-electron chi connectivity index (χ1n) is 5.73. The molecule has 0 aromatic heterocycles. The molecule has 1 aromatic carbocycles. The fraction of sp³-hybridized carbons (Fsp3) is 0.333. The van der Waals surface area contributed by atoms with Gasteiger partial charge in [0, 0.05) is 23.7 Å². The Kier molecular flexibility index (Phi) is 4.39. The smallest absolute Gasteiger partial charge is 0.338 e. The molecule has 1 amide bonds. The molecule has 0 aliphatic carbocycles. The monoisotopic (exact) mass is 284 g/mol. The maximum Gasteiger partial charge on any atom is 0.338 e. The molecular formula is C12H13FN2O3S. The van der Waals surface area contributed by atoms with E-state index in [4.69, 9.17) is 5.11 Å². The lowest BCUT2D eigenvalue weighted by molar-refractivity contribution is -0.117. The number of carboxylic acid groups (broad SMARTS) is 1. The first kappa shape index (κ1) is 13.8. The second-order valence-electron chi connectivity index (χ2n) is 4.07. The average Bonchev–Trinajstić information content (AvgIpc) is 2.41. The van der Waals surface area contributed by atoms with E-state index >= 15 is 0 Å². The van der Waals surface area contributed by atoms with Crippen molar-refractivity contribution in [2.24, 2.45) is 0 Å². The Labute approximate surface area is 113 Å². The van der Waals surface area contributed by atoms with E-state index in [0.717, 1.165) is 24.4 Å². The summed E-state index contributed by atoms with van der Waals surface area (Å²) in [7, 11) is 0. The lowest BCUT2D eigenvalue weighted by Crippen LogP contribution is -2.46. The van der Waals surface area contributed by atoms with Gasteiger partial charge in [0.1, 0.15) is 5.82 Å². The maximum absolute atomic E-state index is 13.2. The standard InChI is InChI=1S/C12H13FN2O3S/c13-9-2-1-7(5-8(9)12(17)18)15-11(16)10-6-19-4-3-14-10/h1-2,5,10,14H,3-4,6H2,(H,15,16)(H,17,18). The normalized spacial score (nSPS) is 18.9. The zero-order valence-electron chi connectivity index (χ0n) is 9.98. The summed E-state index contributed by atoms with van der Waals surface area (Å²) in [6.07, 6.45) is 0. The number of hydrogen-bond donors (Lipinski definition) is 3. The van der Waals surface area contributed by atoms with Crippen molar-refractivity contribution in [1.29, 1.82) is 0 Å². The Hall–Kier alpha value is -1.60. The zero-order chi connectivity index (χ0) is 13.8. The second-order valence-corrected chi connectivity index (χ2v) is 5.22. The number of thioether (sulfide) groups is 1. The van der Waals surface area contributed by atoms with Crippen LogP contribution < -0.4 is 10.6 Å². The third kappa shape index (κ3) is 3.45. The van der Waals surface area contributed by atoms with E-state index < -0.39 is 17.3 Å². The van der Waals surface area contributed by atoms with Gasteiger partial charge in [-0.25, -0.2) is 9.18 Å². The second kappa shape index (κ2) is 6.03. The maximum atomic E-state index is 13.2. The van der Waals surface area contributed by atoms with Crippen LogP contribution in [0.4, 0.5) is 10.1 Å². The molecule has 1 aromatic rings. The van der Waals surface area contributed by atoms with Crippen LogP contribution in [0.15, 0.2) is 18.2 Å². The predicted octanol–water partition coefficient (Wildman–Crippen LogP) is 1.17. The summed E-state index contributed by atoms with van der Waals surface area (Å²) in [4.78, 5) is 22.7. The van der Waals surface area contributed by atoms with E-state index in [1.54, 1.807) is 11.8 Å². The van der Waals surface area contributed by atoms with Crippen molar-refractivity contribution in [1.82, 2.24) is 5.32 Å². The van der Waals surface area contributed by atoms with Gasteiger partial charge in [-0.15, -0.1) is 0 Å². The van der Waals surface area contributed by atoms with Crippen molar-refractivity contribution >= 4 is 29.3 Å². The lowest BCUT2D eigenvalue weighted by Gasteiger charge is -2.22. The highest BCUT2D eigenvalue weighted by Crippen LogP contribution is 2.16. The number of benzene rings is 1. The van der Waals surface area contributed by atoms with E-state index in [-0.39, 0.29) is 17.6 Å². The molecule has 0 spiro atoms. The van der Waals surface area contributed by atoms with E-state index in [1.807, 2.05) is 0 Å². The van der Waals surface area contributed by atoms with E-state index in [0.29, 0.717) is 5.75 Å². The van der Waals surface area contributed by atoms with E-state index in [1.165, 1.54) is 6.07 Å². The highest BCUT2D eigenvalue weighted by Gasteiger charge is 2.21. The van der Waals surface area contributed by atoms with Gasteiger partial charge in [-0.1, -0.05) is 0 Å². The summed E-state index contributed by atoms with van der Waals surface area (Å²) in [5, 5.41) is 14.5. The van der Waals surface area contributed by atoms with Crippen LogP contribution in [0.2, 0.25) is 0 Å². The molecule has 0 radical (unpaired) electrons. The number of nitrogens with one attached hydrogen (secondary N) is 2. The Morgan fingerprint density at radius 3 is 2.89 bits per heavy atom. The van der Waals surface area contributed by atoms with Gasteiger partial charge >= 0.3 is 5.97 Å². The number of carbonyl (C=O) groups excluding carboxylic acids is 1. The number of carboxylic acids is 1. The lowest BCUT2D eigenvalue weighted by atomic mass is 10.2. The van der Waals surface area contributed by atoms with Gasteiger partial charge in [-0.2, -0.15) is 11.8 Å². The van der Waals surface area contributed by atoms with Crippen LogP contribution in [0.3, 0.4) is 0 Å². The molecule has 1 atom stereocenters. The van der Waals surface area contributed by atoms with Crippen molar-refractivity contribution in [3.63, 3.8) is 0 Å². The van der Waals surface area contributed by atoms with Gasteiger partial charge < -0.3 is 15.7 Å². The Morgan fingerprint density at radius 1 is 1.47 bits per heavy atom. The summed E-state index contributed by atoms with van der Waals surface area (Å²) in [6, 6.07) is 3.18. The van der Waals surface area contributed by atoms with Gasteiger partial charge in [0.05, 0.1) is 11.6 Å². The molecule has 1 unspecified atom stereocenters. The SMILES string of the molecule is O=C(O)c1cc(NC(=O)C2CSCCN2)ccc1F. The molecular weight excluding hydrogens is 271 g/mol. The third-order valence-electron chi connectivity index (χ3n) is 2.70. The molecule has 2 rings (SSSR count). The minimum Gasteiger partial charge on any atom is -0.478 e. The number of aromatic carboxylic acids is 1. The number of hydrogen-bond acceptors (Lipinski definition) is 4. The molecule has 5 nitrogen and oxygen atoms in total. The van der Waals surface area contributed by atoms with Crippen LogP contribution >= 0.6 is 11.8 Å². The van der Waals surface area contributed by atoms with Crippen molar-refractivity contribution < 1.29 is 19.1 Å².